The topological polar surface area (TPSA) is 154 Å². The number of carbonyl (C=O) groups excluding carboxylic acids is 2. The number of non-ortho nitro benzene ring substituents is 1. The molecule has 0 aromatic heterocycles. The number of carbonyl (C=O) groups is 2. The van der Waals surface area contributed by atoms with Crippen LogP contribution in [0.3, 0.4) is 0 Å². The van der Waals surface area contributed by atoms with Gasteiger partial charge in [0.15, 0.2) is 0 Å². The highest BCUT2D eigenvalue weighted by Gasteiger charge is 2.34. The third kappa shape index (κ3) is 9.74. The van der Waals surface area contributed by atoms with Crippen LogP contribution in [0.2, 0.25) is 0 Å². The lowest BCUT2D eigenvalue weighted by molar-refractivity contribution is -0.385. The largest absolute Gasteiger partial charge is 0.496 e. The molecule has 1 heterocycles. The van der Waals surface area contributed by atoms with Gasteiger partial charge in [-0.1, -0.05) is 48.5 Å². The summed E-state index contributed by atoms with van der Waals surface area (Å²) in [5.74, 6) is 0.199. The number of rotatable bonds is 16. The molecule has 0 saturated carbocycles. The molecule has 274 valence electrons. The number of nitro groups is 1. The van der Waals surface area contributed by atoms with Gasteiger partial charge in [0.2, 0.25) is 5.91 Å². The van der Waals surface area contributed by atoms with Gasteiger partial charge in [0, 0.05) is 59.6 Å². The van der Waals surface area contributed by atoms with Gasteiger partial charge in [-0.2, -0.15) is 12.8 Å². The highest BCUT2D eigenvalue weighted by Crippen LogP contribution is 2.32. The molecule has 0 unspecified atom stereocenters. The molecular weight excluding hydrogens is 705 g/mol. The molecule has 4 aromatic rings. The number of piperazine rings is 1. The van der Waals surface area contributed by atoms with Crippen molar-refractivity contribution < 1.29 is 27.7 Å². The van der Waals surface area contributed by atoms with Gasteiger partial charge in [-0.25, -0.2) is 5.43 Å². The first-order valence-electron chi connectivity index (χ1n) is 16.6. The minimum absolute atomic E-state index is 0.0320. The minimum Gasteiger partial charge on any atom is -0.496 e. The number of nitro benzene ring substituents is 1. The third-order valence-electron chi connectivity index (χ3n) is 8.44. The van der Waals surface area contributed by atoms with E-state index in [1.54, 1.807) is 24.1 Å². The average molecular weight is 747 g/mol. The number of amides is 2. The molecule has 2 amide bonds. The molecule has 0 aliphatic carbocycles. The van der Waals surface area contributed by atoms with Crippen molar-refractivity contribution in [1.29, 1.82) is 0 Å². The number of benzene rings is 4. The zero-order valence-electron chi connectivity index (χ0n) is 29.2. The summed E-state index contributed by atoms with van der Waals surface area (Å²) in [5.41, 5.74) is 5.05. The molecule has 4 aromatic carbocycles. The van der Waals surface area contributed by atoms with E-state index in [-0.39, 0.29) is 11.5 Å². The van der Waals surface area contributed by atoms with Crippen LogP contribution in [-0.4, -0.2) is 98.5 Å². The molecule has 1 fully saturated rings. The van der Waals surface area contributed by atoms with Gasteiger partial charge in [-0.05, 0) is 74.6 Å². The second-order valence-electron chi connectivity index (χ2n) is 12.5. The van der Waals surface area contributed by atoms with Crippen molar-refractivity contribution in [3.05, 3.63) is 118 Å². The fourth-order valence-electron chi connectivity index (χ4n) is 5.59. The van der Waals surface area contributed by atoms with Gasteiger partial charge in [0.05, 0.1) is 23.5 Å². The Morgan fingerprint density at radius 3 is 2.46 bits per heavy atom. The van der Waals surface area contributed by atoms with Crippen molar-refractivity contribution in [2.45, 2.75) is 28.8 Å². The van der Waals surface area contributed by atoms with E-state index < -0.39 is 37.5 Å². The maximum Gasteiger partial charge on any atom is 0.282 e. The number of nitrogens with zero attached hydrogens (tertiary/aromatic N) is 4. The molecule has 5 rings (SSSR count). The Bertz CT molecular complexity index is 1980. The van der Waals surface area contributed by atoms with Crippen molar-refractivity contribution in [3.8, 4) is 16.9 Å². The van der Waals surface area contributed by atoms with Gasteiger partial charge in [-0.3, -0.25) is 19.7 Å². The first-order valence-corrected chi connectivity index (χ1v) is 19.1. The minimum atomic E-state index is -4.62. The Labute approximate surface area is 308 Å². The molecule has 0 bridgehead atoms. The summed E-state index contributed by atoms with van der Waals surface area (Å²) in [4.78, 5) is 41.7. The standard InChI is InChI=1S/C37H42N6O7S2/c1-40(2)20-18-30(26-51-32-9-5-4-6-10-32)39-42(52(48,49)33-11-7-8-31(23-33)43(46)47)37(45)29-15-13-28(14-16-29)34-17-12-27(22-35(34)50-3)25-41-21-19-38-24-36(41)44/h4-17,22-23,30,38-39H,18-21,24-26H2,1-3H3/t30-/m1/s1. The number of hydrazine groups is 1. The Hall–Kier alpha value is -4.80. The van der Waals surface area contributed by atoms with Crippen LogP contribution in [-0.2, 0) is 21.4 Å². The van der Waals surface area contributed by atoms with Crippen molar-refractivity contribution in [3.63, 3.8) is 0 Å². The maximum atomic E-state index is 14.2. The summed E-state index contributed by atoms with van der Waals surface area (Å²) in [6.45, 7) is 2.71. The summed E-state index contributed by atoms with van der Waals surface area (Å²) in [7, 11) is 0.744. The highest BCUT2D eigenvalue weighted by molar-refractivity contribution is 7.99. The molecule has 2 N–H and O–H groups in total. The number of hydrogen-bond acceptors (Lipinski definition) is 11. The quantitative estimate of drug-likeness (QED) is 0.0936. The van der Waals surface area contributed by atoms with E-state index in [0.29, 0.717) is 48.5 Å². The first-order chi connectivity index (χ1) is 25.0. The number of ether oxygens (including phenoxy) is 1. The predicted octanol–water partition coefficient (Wildman–Crippen LogP) is 4.65. The van der Waals surface area contributed by atoms with Crippen LogP contribution in [0.5, 0.6) is 5.75 Å². The second-order valence-corrected chi connectivity index (χ2v) is 15.4. The van der Waals surface area contributed by atoms with Crippen LogP contribution in [0.4, 0.5) is 5.69 Å². The zero-order valence-corrected chi connectivity index (χ0v) is 30.9. The van der Waals surface area contributed by atoms with Crippen molar-refractivity contribution >= 4 is 39.3 Å². The van der Waals surface area contributed by atoms with Crippen molar-refractivity contribution in [1.82, 2.24) is 25.0 Å². The predicted molar refractivity (Wildman–Crippen MR) is 200 cm³/mol. The summed E-state index contributed by atoms with van der Waals surface area (Å²) in [6.07, 6.45) is 0.499. The number of nitrogens with one attached hydrogen (secondary N) is 2. The Kier molecular flexibility index (Phi) is 13.0. The molecule has 1 saturated heterocycles. The monoisotopic (exact) mass is 746 g/mol. The van der Waals surface area contributed by atoms with Gasteiger partial charge in [0.25, 0.3) is 21.6 Å². The average Bonchev–Trinajstić information content (AvgIpc) is 3.15. The zero-order chi connectivity index (χ0) is 37.3. The van der Waals surface area contributed by atoms with Crippen LogP contribution in [0.25, 0.3) is 11.1 Å². The fraction of sp³-hybridized carbons (Fsp3) is 0.297. The molecule has 0 radical (unpaired) electrons. The summed E-state index contributed by atoms with van der Waals surface area (Å²) < 4.78 is 34.7. The molecule has 13 nitrogen and oxygen atoms in total. The van der Waals surface area contributed by atoms with Crippen LogP contribution in [0.15, 0.2) is 107 Å². The van der Waals surface area contributed by atoms with Gasteiger partial charge in [0.1, 0.15) is 5.75 Å². The number of methoxy groups -OCH3 is 1. The molecule has 1 atom stereocenters. The Morgan fingerprint density at radius 1 is 1.04 bits per heavy atom. The van der Waals surface area contributed by atoms with Crippen molar-refractivity contribution in [2.24, 2.45) is 0 Å². The van der Waals surface area contributed by atoms with Crippen molar-refractivity contribution in [2.75, 3.05) is 53.1 Å². The van der Waals surface area contributed by atoms with E-state index in [4.69, 9.17) is 4.74 Å². The van der Waals surface area contributed by atoms with E-state index >= 15 is 0 Å². The normalized spacial score (nSPS) is 13.9. The Balaban J connectivity index is 1.45. The number of thioether (sulfide) groups is 1. The van der Waals surface area contributed by atoms with Gasteiger partial charge < -0.3 is 19.9 Å². The van der Waals surface area contributed by atoms with E-state index in [0.717, 1.165) is 34.2 Å². The van der Waals surface area contributed by atoms with E-state index in [9.17, 15) is 28.1 Å². The lowest BCUT2D eigenvalue weighted by atomic mass is 10.0. The molecule has 0 spiro atoms. The van der Waals surface area contributed by atoms with Gasteiger partial charge in [-0.15, -0.1) is 11.8 Å². The Morgan fingerprint density at radius 2 is 1.79 bits per heavy atom. The molecule has 1 aliphatic rings. The fourth-order valence-corrected chi connectivity index (χ4v) is 7.92. The first kappa shape index (κ1) is 38.4. The van der Waals surface area contributed by atoms with Crippen LogP contribution in [0, 0.1) is 10.1 Å². The second kappa shape index (κ2) is 17.6. The SMILES string of the molecule is COc1cc(CN2CCNCC2=O)ccc1-c1ccc(C(=O)N(N[C@H](CCN(C)C)CSc2ccccc2)S(=O)(=O)c2cccc([N+](=O)[O-])c2)cc1. The van der Waals surface area contributed by atoms with E-state index in [1.807, 2.05) is 67.5 Å². The molecule has 15 heteroatoms. The van der Waals surface area contributed by atoms with Crippen LogP contribution in [0.1, 0.15) is 22.3 Å². The molecule has 52 heavy (non-hydrogen) atoms. The number of sulfonamides is 1. The summed E-state index contributed by atoms with van der Waals surface area (Å²) in [6, 6.07) is 26.0. The molecular formula is C37H42N6O7S2. The summed E-state index contributed by atoms with van der Waals surface area (Å²) in [5, 5.41) is 14.6. The summed E-state index contributed by atoms with van der Waals surface area (Å²) >= 11 is 1.52. The third-order valence-corrected chi connectivity index (χ3v) is 11.2. The maximum absolute atomic E-state index is 14.2. The van der Waals surface area contributed by atoms with E-state index in [1.165, 1.54) is 42.1 Å². The van der Waals surface area contributed by atoms with Gasteiger partial charge >= 0.3 is 0 Å². The van der Waals surface area contributed by atoms with Crippen LogP contribution >= 0.6 is 11.8 Å². The smallest absolute Gasteiger partial charge is 0.282 e. The lowest BCUT2D eigenvalue weighted by Gasteiger charge is -2.29. The van der Waals surface area contributed by atoms with E-state index in [2.05, 4.69) is 10.7 Å². The number of hydrogen-bond donors (Lipinski definition) is 2. The molecule has 1 aliphatic heterocycles. The van der Waals surface area contributed by atoms with Crippen LogP contribution < -0.4 is 15.5 Å². The lowest BCUT2D eigenvalue weighted by Crippen LogP contribution is -2.52. The highest BCUT2D eigenvalue weighted by atomic mass is 32.2.